The minimum absolute atomic E-state index is 0.00606. The molecule has 0 radical (unpaired) electrons. The number of benzene rings is 1. The molecule has 120 valence electrons. The van der Waals surface area contributed by atoms with E-state index in [-0.39, 0.29) is 33.3 Å². The highest BCUT2D eigenvalue weighted by molar-refractivity contribution is 6.02. The lowest BCUT2D eigenvalue weighted by atomic mass is 9.94. The first-order valence-corrected chi connectivity index (χ1v) is 7.60. The van der Waals surface area contributed by atoms with E-state index in [0.717, 1.165) is 6.42 Å². The third-order valence-corrected chi connectivity index (χ3v) is 4.28. The Morgan fingerprint density at radius 3 is 2.79 bits per heavy atom. The maximum Gasteiger partial charge on any atom is 0.337 e. The summed E-state index contributed by atoms with van der Waals surface area (Å²) in [6.07, 6.45) is 1.91. The highest BCUT2D eigenvalue weighted by Gasteiger charge is 2.21. The van der Waals surface area contributed by atoms with Gasteiger partial charge in [0, 0.05) is 12.0 Å². The number of pyridine rings is 1. The Kier molecular flexibility index (Phi) is 3.19. The fraction of sp³-hybridized carbons (Fsp3) is 0.222. The van der Waals surface area contributed by atoms with Gasteiger partial charge in [0.1, 0.15) is 5.58 Å². The Labute approximate surface area is 136 Å². The van der Waals surface area contributed by atoms with Gasteiger partial charge in [-0.05, 0) is 37.1 Å². The molecule has 3 aromatic rings. The number of esters is 1. The van der Waals surface area contributed by atoms with Crippen LogP contribution in [0.1, 0.15) is 39.3 Å². The summed E-state index contributed by atoms with van der Waals surface area (Å²) in [4.78, 5) is 40.9. The standard InChI is InChI=1S/C18H13NO5/c1-23-18(22)9-5-6-15-11(7-9)16(21)12-8-10-13(19-17(12)24-15)3-2-4-14(10)20/h5-8H,2-4H2,1H3. The van der Waals surface area contributed by atoms with Crippen LogP contribution in [-0.4, -0.2) is 23.8 Å². The number of carbonyl (C=O) groups excluding carboxylic acids is 2. The average Bonchev–Trinajstić information content (AvgIpc) is 2.60. The number of rotatable bonds is 1. The Morgan fingerprint density at radius 2 is 2.00 bits per heavy atom. The van der Waals surface area contributed by atoms with E-state index >= 15 is 0 Å². The second-order valence-electron chi connectivity index (χ2n) is 5.75. The molecule has 1 aliphatic rings. The molecule has 1 aliphatic carbocycles. The van der Waals surface area contributed by atoms with Crippen LogP contribution in [0.15, 0.2) is 33.5 Å². The number of hydrogen-bond acceptors (Lipinski definition) is 6. The van der Waals surface area contributed by atoms with Crippen molar-refractivity contribution < 1.29 is 18.7 Å². The van der Waals surface area contributed by atoms with Crippen LogP contribution in [0.2, 0.25) is 0 Å². The highest BCUT2D eigenvalue weighted by Crippen LogP contribution is 2.25. The van der Waals surface area contributed by atoms with Crippen LogP contribution >= 0.6 is 0 Å². The minimum Gasteiger partial charge on any atom is -0.465 e. The molecule has 2 heterocycles. The summed E-state index contributed by atoms with van der Waals surface area (Å²) in [5.74, 6) is -0.538. The Hall–Kier alpha value is -3.02. The van der Waals surface area contributed by atoms with Gasteiger partial charge in [-0.15, -0.1) is 0 Å². The fourth-order valence-electron chi connectivity index (χ4n) is 3.05. The zero-order valence-electron chi connectivity index (χ0n) is 12.9. The molecule has 0 unspecified atom stereocenters. The van der Waals surface area contributed by atoms with Gasteiger partial charge < -0.3 is 9.15 Å². The van der Waals surface area contributed by atoms with Crippen molar-refractivity contribution in [3.8, 4) is 0 Å². The van der Waals surface area contributed by atoms with Crippen molar-refractivity contribution in [1.29, 1.82) is 0 Å². The van der Waals surface area contributed by atoms with Gasteiger partial charge in [-0.1, -0.05) is 0 Å². The topological polar surface area (TPSA) is 86.5 Å². The number of aromatic nitrogens is 1. The monoisotopic (exact) mass is 323 g/mol. The zero-order valence-corrected chi connectivity index (χ0v) is 12.9. The summed E-state index contributed by atoms with van der Waals surface area (Å²) in [5.41, 5.74) is 1.67. The van der Waals surface area contributed by atoms with Gasteiger partial charge in [0.05, 0.1) is 29.1 Å². The van der Waals surface area contributed by atoms with Crippen molar-refractivity contribution in [2.45, 2.75) is 19.3 Å². The fourth-order valence-corrected chi connectivity index (χ4v) is 3.05. The maximum absolute atomic E-state index is 12.8. The first kappa shape index (κ1) is 14.6. The van der Waals surface area contributed by atoms with Crippen molar-refractivity contribution in [2.75, 3.05) is 7.11 Å². The van der Waals surface area contributed by atoms with E-state index in [1.165, 1.54) is 19.2 Å². The molecule has 2 aromatic heterocycles. The average molecular weight is 323 g/mol. The van der Waals surface area contributed by atoms with E-state index in [2.05, 4.69) is 9.72 Å². The van der Waals surface area contributed by atoms with Crippen molar-refractivity contribution in [2.24, 2.45) is 0 Å². The Morgan fingerprint density at radius 1 is 1.17 bits per heavy atom. The lowest BCUT2D eigenvalue weighted by molar-refractivity contribution is 0.0600. The molecule has 1 aromatic carbocycles. The SMILES string of the molecule is COC(=O)c1ccc2oc3nc4c(cc3c(=O)c2c1)C(=O)CCC4. The highest BCUT2D eigenvalue weighted by atomic mass is 16.5. The molecule has 0 N–H and O–H groups in total. The van der Waals surface area contributed by atoms with Crippen LogP contribution in [0.3, 0.4) is 0 Å². The Balaban J connectivity index is 2.04. The third kappa shape index (κ3) is 2.11. The van der Waals surface area contributed by atoms with Crippen LogP contribution < -0.4 is 5.43 Å². The van der Waals surface area contributed by atoms with E-state index in [0.29, 0.717) is 29.7 Å². The molecule has 0 amide bonds. The molecule has 4 rings (SSSR count). The summed E-state index contributed by atoms with van der Waals surface area (Å²) < 4.78 is 10.4. The van der Waals surface area contributed by atoms with Crippen molar-refractivity contribution in [3.63, 3.8) is 0 Å². The first-order valence-electron chi connectivity index (χ1n) is 7.60. The number of methoxy groups -OCH3 is 1. The van der Waals surface area contributed by atoms with Crippen molar-refractivity contribution >= 4 is 33.8 Å². The number of fused-ring (bicyclic) bond motifs is 3. The molecule has 24 heavy (non-hydrogen) atoms. The van der Waals surface area contributed by atoms with E-state index in [4.69, 9.17) is 4.42 Å². The summed E-state index contributed by atoms with van der Waals surface area (Å²) in [6, 6.07) is 6.09. The van der Waals surface area contributed by atoms with Gasteiger partial charge in [-0.3, -0.25) is 9.59 Å². The maximum atomic E-state index is 12.8. The van der Waals surface area contributed by atoms with Crippen molar-refractivity contribution in [3.05, 3.63) is 51.3 Å². The minimum atomic E-state index is -0.532. The third-order valence-electron chi connectivity index (χ3n) is 4.28. The van der Waals surface area contributed by atoms with Gasteiger partial charge >= 0.3 is 5.97 Å². The van der Waals surface area contributed by atoms with Crippen LogP contribution in [0.25, 0.3) is 22.1 Å². The predicted molar refractivity (Wildman–Crippen MR) is 86.4 cm³/mol. The lowest BCUT2D eigenvalue weighted by Gasteiger charge is -2.14. The molecule has 6 heteroatoms. The van der Waals surface area contributed by atoms with Crippen LogP contribution in [0, 0.1) is 0 Å². The molecule has 6 nitrogen and oxygen atoms in total. The summed E-state index contributed by atoms with van der Waals surface area (Å²) in [5, 5.41) is 0.508. The van der Waals surface area contributed by atoms with Gasteiger partial charge in [0.25, 0.3) is 0 Å². The molecular weight excluding hydrogens is 310 g/mol. The number of carbonyl (C=O) groups is 2. The first-order chi connectivity index (χ1) is 11.6. The quantitative estimate of drug-likeness (QED) is 0.505. The smallest absolute Gasteiger partial charge is 0.337 e. The van der Waals surface area contributed by atoms with Crippen LogP contribution in [-0.2, 0) is 11.2 Å². The molecular formula is C18H13NO5. The van der Waals surface area contributed by atoms with Crippen LogP contribution in [0.4, 0.5) is 0 Å². The number of Topliss-reactive ketones (excluding diaryl/α,β-unsaturated/α-hetero) is 1. The molecule has 0 aliphatic heterocycles. The van der Waals surface area contributed by atoms with E-state index < -0.39 is 5.97 Å². The number of ketones is 1. The normalized spacial score (nSPS) is 14.0. The molecule has 0 spiro atoms. The largest absolute Gasteiger partial charge is 0.465 e. The van der Waals surface area contributed by atoms with Gasteiger partial charge in [0.15, 0.2) is 5.78 Å². The molecule has 0 atom stereocenters. The van der Waals surface area contributed by atoms with Gasteiger partial charge in [-0.25, -0.2) is 9.78 Å². The van der Waals surface area contributed by atoms with E-state index in [1.807, 2.05) is 0 Å². The molecule has 0 saturated carbocycles. The summed E-state index contributed by atoms with van der Waals surface area (Å²) >= 11 is 0. The predicted octanol–water partition coefficient (Wildman–Crippen LogP) is 2.65. The van der Waals surface area contributed by atoms with Crippen LogP contribution in [0.5, 0.6) is 0 Å². The lowest BCUT2D eigenvalue weighted by Crippen LogP contribution is -2.15. The number of aryl methyl sites for hydroxylation is 1. The summed E-state index contributed by atoms with van der Waals surface area (Å²) in [6.45, 7) is 0. The van der Waals surface area contributed by atoms with Gasteiger partial charge in [0.2, 0.25) is 11.1 Å². The Bertz CT molecular complexity index is 1080. The zero-order chi connectivity index (χ0) is 16.8. The molecule has 0 bridgehead atoms. The summed E-state index contributed by atoms with van der Waals surface area (Å²) in [7, 11) is 1.28. The second-order valence-corrected chi connectivity index (χ2v) is 5.75. The van der Waals surface area contributed by atoms with Gasteiger partial charge in [-0.2, -0.15) is 0 Å². The van der Waals surface area contributed by atoms with Crippen molar-refractivity contribution in [1.82, 2.24) is 4.98 Å². The number of ether oxygens (including phenoxy) is 1. The number of hydrogen-bond donors (Lipinski definition) is 0. The molecule has 0 fully saturated rings. The van der Waals surface area contributed by atoms with E-state index in [9.17, 15) is 14.4 Å². The van der Waals surface area contributed by atoms with E-state index in [1.54, 1.807) is 12.1 Å². The molecule has 0 saturated heterocycles. The second kappa shape index (κ2) is 5.26. The number of nitrogens with zero attached hydrogens (tertiary/aromatic N) is 1.